The molecule has 0 saturated carbocycles. The average molecular weight is 156 g/mol. The summed E-state index contributed by atoms with van der Waals surface area (Å²) in [5.41, 5.74) is 5.74. The predicted molar refractivity (Wildman–Crippen MR) is 45.2 cm³/mol. The zero-order chi connectivity index (χ0) is 8.27. The molecule has 3 N–H and O–H groups in total. The summed E-state index contributed by atoms with van der Waals surface area (Å²) in [6.45, 7) is 3.55. The lowest BCUT2D eigenvalue weighted by Gasteiger charge is -2.31. The molecule has 0 aromatic heterocycles. The zero-order valence-corrected chi connectivity index (χ0v) is 6.95. The first-order valence-corrected chi connectivity index (χ1v) is 4.10. The largest absolute Gasteiger partial charge is 0.495 e. The van der Waals surface area contributed by atoms with Crippen LogP contribution in [-0.4, -0.2) is 29.1 Å². The van der Waals surface area contributed by atoms with Crippen molar-refractivity contribution in [1.29, 1.82) is 0 Å². The van der Waals surface area contributed by atoms with E-state index in [1.807, 2.05) is 11.8 Å². The maximum absolute atomic E-state index is 9.33. The SMILES string of the molecule is CC=C(O)N1CCC[C@H](N)C1. The van der Waals surface area contributed by atoms with Gasteiger partial charge in [-0.15, -0.1) is 0 Å². The van der Waals surface area contributed by atoms with E-state index in [2.05, 4.69) is 0 Å². The smallest absolute Gasteiger partial charge is 0.182 e. The predicted octanol–water partition coefficient (Wildman–Crippen LogP) is 0.829. The van der Waals surface area contributed by atoms with Gasteiger partial charge >= 0.3 is 0 Å². The maximum atomic E-state index is 9.33. The third-order valence-corrected chi connectivity index (χ3v) is 2.04. The van der Waals surface area contributed by atoms with E-state index in [4.69, 9.17) is 5.73 Å². The summed E-state index contributed by atoms with van der Waals surface area (Å²) >= 11 is 0. The lowest BCUT2D eigenvalue weighted by molar-refractivity contribution is 0.162. The third-order valence-electron chi connectivity index (χ3n) is 2.04. The molecule has 11 heavy (non-hydrogen) atoms. The molecule has 1 rings (SSSR count). The standard InChI is InChI=1S/C8H16N2O/c1-2-8(11)10-5-3-4-7(9)6-10/h2,7,11H,3-6,9H2,1H3/t7-/m0/s1. The normalized spacial score (nSPS) is 27.3. The molecule has 1 saturated heterocycles. The van der Waals surface area contributed by atoms with Crippen molar-refractivity contribution in [1.82, 2.24) is 4.90 Å². The van der Waals surface area contributed by atoms with Crippen molar-refractivity contribution in [2.75, 3.05) is 13.1 Å². The second-order valence-electron chi connectivity index (χ2n) is 3.00. The van der Waals surface area contributed by atoms with E-state index < -0.39 is 0 Å². The summed E-state index contributed by atoms with van der Waals surface area (Å²) in [4.78, 5) is 1.92. The highest BCUT2D eigenvalue weighted by molar-refractivity contribution is 4.91. The Kier molecular flexibility index (Phi) is 2.76. The molecule has 0 aliphatic carbocycles. The molecular weight excluding hydrogens is 140 g/mol. The number of allylic oxidation sites excluding steroid dienone is 1. The molecule has 0 aromatic carbocycles. The Bertz CT molecular complexity index is 156. The molecule has 0 aromatic rings. The molecule has 1 fully saturated rings. The van der Waals surface area contributed by atoms with Gasteiger partial charge in [-0.2, -0.15) is 0 Å². The van der Waals surface area contributed by atoms with Crippen LogP contribution in [0.25, 0.3) is 0 Å². The fourth-order valence-corrected chi connectivity index (χ4v) is 1.40. The van der Waals surface area contributed by atoms with E-state index >= 15 is 0 Å². The fourth-order valence-electron chi connectivity index (χ4n) is 1.40. The maximum Gasteiger partial charge on any atom is 0.182 e. The lowest BCUT2D eigenvalue weighted by atomic mass is 10.1. The Morgan fingerprint density at radius 2 is 2.45 bits per heavy atom. The Labute approximate surface area is 67.5 Å². The van der Waals surface area contributed by atoms with E-state index in [9.17, 15) is 5.11 Å². The fraction of sp³-hybridized carbons (Fsp3) is 0.750. The Morgan fingerprint density at radius 1 is 1.73 bits per heavy atom. The van der Waals surface area contributed by atoms with Gasteiger partial charge < -0.3 is 15.7 Å². The summed E-state index contributed by atoms with van der Waals surface area (Å²) < 4.78 is 0. The number of aliphatic hydroxyl groups excluding tert-OH is 1. The van der Waals surface area contributed by atoms with E-state index in [0.717, 1.165) is 25.9 Å². The minimum Gasteiger partial charge on any atom is -0.495 e. The minimum atomic E-state index is 0.228. The molecule has 3 nitrogen and oxygen atoms in total. The van der Waals surface area contributed by atoms with Crippen LogP contribution in [0.3, 0.4) is 0 Å². The number of hydrogen-bond donors (Lipinski definition) is 2. The van der Waals surface area contributed by atoms with Gasteiger partial charge in [-0.25, -0.2) is 0 Å². The highest BCUT2D eigenvalue weighted by Gasteiger charge is 2.17. The Hall–Kier alpha value is -0.700. The van der Waals surface area contributed by atoms with Gasteiger partial charge in [0.2, 0.25) is 0 Å². The van der Waals surface area contributed by atoms with Crippen molar-refractivity contribution in [3.63, 3.8) is 0 Å². The number of likely N-dealkylation sites (tertiary alicyclic amines) is 1. The molecule has 1 aliphatic heterocycles. The van der Waals surface area contributed by atoms with Crippen LogP contribution in [0.4, 0.5) is 0 Å². The molecule has 1 atom stereocenters. The number of nitrogens with two attached hydrogens (primary N) is 1. The first kappa shape index (κ1) is 8.40. The van der Waals surface area contributed by atoms with Crippen molar-refractivity contribution >= 4 is 0 Å². The van der Waals surface area contributed by atoms with Crippen LogP contribution in [0.2, 0.25) is 0 Å². The van der Waals surface area contributed by atoms with Gasteiger partial charge in [-0.1, -0.05) is 0 Å². The van der Waals surface area contributed by atoms with E-state index in [1.165, 1.54) is 0 Å². The molecule has 1 aliphatic rings. The molecule has 0 unspecified atom stereocenters. The van der Waals surface area contributed by atoms with Crippen LogP contribution in [0, 0.1) is 0 Å². The van der Waals surface area contributed by atoms with Crippen LogP contribution in [0.5, 0.6) is 0 Å². The van der Waals surface area contributed by atoms with Gasteiger partial charge in [0.1, 0.15) is 0 Å². The summed E-state index contributed by atoms with van der Waals surface area (Å²) in [6, 6.07) is 0.228. The molecule has 0 radical (unpaired) electrons. The van der Waals surface area contributed by atoms with Crippen molar-refractivity contribution in [2.24, 2.45) is 5.73 Å². The van der Waals surface area contributed by atoms with Gasteiger partial charge in [0, 0.05) is 19.1 Å². The van der Waals surface area contributed by atoms with Crippen molar-refractivity contribution in [3.8, 4) is 0 Å². The van der Waals surface area contributed by atoms with Gasteiger partial charge in [-0.05, 0) is 25.8 Å². The van der Waals surface area contributed by atoms with E-state index in [-0.39, 0.29) is 6.04 Å². The molecule has 64 valence electrons. The Morgan fingerprint density at radius 3 is 3.00 bits per heavy atom. The molecule has 1 heterocycles. The van der Waals surface area contributed by atoms with Crippen LogP contribution in [0.1, 0.15) is 19.8 Å². The Balaban J connectivity index is 2.46. The summed E-state index contributed by atoms with van der Waals surface area (Å²) in [7, 11) is 0. The monoisotopic (exact) mass is 156 g/mol. The number of piperidine rings is 1. The number of nitrogens with zero attached hydrogens (tertiary/aromatic N) is 1. The number of rotatable bonds is 1. The van der Waals surface area contributed by atoms with E-state index in [1.54, 1.807) is 6.08 Å². The lowest BCUT2D eigenvalue weighted by Crippen LogP contribution is -2.42. The quantitative estimate of drug-likeness (QED) is 0.553. The zero-order valence-electron chi connectivity index (χ0n) is 6.95. The topological polar surface area (TPSA) is 49.5 Å². The highest BCUT2D eigenvalue weighted by Crippen LogP contribution is 2.11. The summed E-state index contributed by atoms with van der Waals surface area (Å²) in [5, 5.41) is 9.33. The number of hydrogen-bond acceptors (Lipinski definition) is 3. The second-order valence-corrected chi connectivity index (χ2v) is 3.00. The van der Waals surface area contributed by atoms with Gasteiger partial charge in [0.15, 0.2) is 5.88 Å². The first-order valence-electron chi connectivity index (χ1n) is 4.10. The average Bonchev–Trinajstić information content (AvgIpc) is 2.03. The van der Waals surface area contributed by atoms with Crippen LogP contribution >= 0.6 is 0 Å². The van der Waals surface area contributed by atoms with Crippen LogP contribution < -0.4 is 5.73 Å². The van der Waals surface area contributed by atoms with Crippen LogP contribution in [-0.2, 0) is 0 Å². The summed E-state index contributed by atoms with van der Waals surface area (Å²) in [5.74, 6) is 0.361. The molecule has 3 heteroatoms. The van der Waals surface area contributed by atoms with Gasteiger partial charge in [-0.3, -0.25) is 0 Å². The third kappa shape index (κ3) is 2.12. The molecule has 0 spiro atoms. The van der Waals surface area contributed by atoms with Crippen molar-refractivity contribution in [2.45, 2.75) is 25.8 Å². The number of aliphatic hydroxyl groups is 1. The molecular formula is C8H16N2O. The van der Waals surface area contributed by atoms with Gasteiger partial charge in [0.05, 0.1) is 0 Å². The van der Waals surface area contributed by atoms with Crippen molar-refractivity contribution in [3.05, 3.63) is 12.0 Å². The van der Waals surface area contributed by atoms with Crippen LogP contribution in [0.15, 0.2) is 12.0 Å². The second kappa shape index (κ2) is 3.62. The minimum absolute atomic E-state index is 0.228. The van der Waals surface area contributed by atoms with Gasteiger partial charge in [0.25, 0.3) is 0 Å². The molecule has 0 bridgehead atoms. The highest BCUT2D eigenvalue weighted by atomic mass is 16.3. The molecule has 0 amide bonds. The summed E-state index contributed by atoms with van der Waals surface area (Å²) in [6.07, 6.45) is 3.87. The first-order chi connectivity index (χ1) is 5.24. The van der Waals surface area contributed by atoms with E-state index in [0.29, 0.717) is 5.88 Å². The van der Waals surface area contributed by atoms with Crippen molar-refractivity contribution < 1.29 is 5.11 Å².